The minimum atomic E-state index is -4.71. The molecule has 1 amide bonds. The number of hydrogen-bond donors (Lipinski definition) is 0. The molecule has 0 fully saturated rings. The number of nitrogens with zero attached hydrogens (tertiary/aromatic N) is 3. The van der Waals surface area contributed by atoms with Crippen LogP contribution in [-0.4, -0.2) is 33.3 Å². The van der Waals surface area contributed by atoms with E-state index < -0.39 is 23.3 Å². The summed E-state index contributed by atoms with van der Waals surface area (Å²) in [5.74, 6) is 2.11. The van der Waals surface area contributed by atoms with Crippen molar-refractivity contribution in [3.8, 4) is 23.5 Å². The molecular weight excluding hydrogens is 479 g/mol. The van der Waals surface area contributed by atoms with E-state index in [0.29, 0.717) is 18.5 Å². The van der Waals surface area contributed by atoms with Crippen molar-refractivity contribution in [1.29, 1.82) is 0 Å². The van der Waals surface area contributed by atoms with Crippen LogP contribution in [0.5, 0.6) is 0 Å². The summed E-state index contributed by atoms with van der Waals surface area (Å²) < 4.78 is 47.7. The molecule has 3 aromatic heterocycles. The zero-order valence-corrected chi connectivity index (χ0v) is 18.9. The molecule has 0 atom stereocenters. The first-order valence-corrected chi connectivity index (χ1v) is 11.0. The van der Waals surface area contributed by atoms with Crippen molar-refractivity contribution in [1.82, 2.24) is 14.3 Å². The Morgan fingerprint density at radius 1 is 1.20 bits per heavy atom. The Balaban J connectivity index is 1.51. The van der Waals surface area contributed by atoms with Gasteiger partial charge in [0, 0.05) is 36.0 Å². The highest BCUT2D eigenvalue weighted by Gasteiger charge is 2.36. The van der Waals surface area contributed by atoms with Crippen LogP contribution in [-0.2, 0) is 6.18 Å². The van der Waals surface area contributed by atoms with Gasteiger partial charge in [-0.1, -0.05) is 41.8 Å². The van der Waals surface area contributed by atoms with Gasteiger partial charge in [-0.15, -0.1) is 6.42 Å². The summed E-state index contributed by atoms with van der Waals surface area (Å²) in [6.07, 6.45) is 7.41. The SMILES string of the molecule is C#Cc1ccccc1C1=CCN(C(=O)c2nc3c(C(F)(F)F)cc(-c4ccoc4)cn3c2Cl)CC1. The van der Waals surface area contributed by atoms with Gasteiger partial charge < -0.3 is 9.32 Å². The minimum Gasteiger partial charge on any atom is -0.472 e. The molecule has 5 rings (SSSR count). The summed E-state index contributed by atoms with van der Waals surface area (Å²) in [5.41, 5.74) is 1.70. The lowest BCUT2D eigenvalue weighted by molar-refractivity contribution is -0.136. The van der Waals surface area contributed by atoms with Crippen LogP contribution in [0.25, 0.3) is 22.3 Å². The van der Waals surface area contributed by atoms with Crippen LogP contribution in [0.1, 0.15) is 33.6 Å². The smallest absolute Gasteiger partial charge is 0.420 e. The van der Waals surface area contributed by atoms with Gasteiger partial charge in [-0.25, -0.2) is 4.98 Å². The lowest BCUT2D eigenvalue weighted by Crippen LogP contribution is -2.35. The van der Waals surface area contributed by atoms with Gasteiger partial charge in [-0.3, -0.25) is 9.20 Å². The van der Waals surface area contributed by atoms with Crippen molar-refractivity contribution in [3.05, 3.63) is 88.7 Å². The van der Waals surface area contributed by atoms with Gasteiger partial charge in [0.05, 0.1) is 18.1 Å². The molecular formula is C26H17ClF3N3O2. The number of aromatic nitrogens is 2. The molecule has 0 saturated heterocycles. The number of pyridine rings is 1. The number of amides is 1. The van der Waals surface area contributed by atoms with E-state index in [-0.39, 0.29) is 23.0 Å². The highest BCUT2D eigenvalue weighted by molar-refractivity contribution is 6.33. The van der Waals surface area contributed by atoms with Crippen LogP contribution >= 0.6 is 11.6 Å². The van der Waals surface area contributed by atoms with Crippen LogP contribution in [0, 0.1) is 12.3 Å². The van der Waals surface area contributed by atoms with E-state index in [9.17, 15) is 18.0 Å². The molecule has 176 valence electrons. The van der Waals surface area contributed by atoms with Crippen LogP contribution in [0.2, 0.25) is 5.15 Å². The first kappa shape index (κ1) is 22.8. The fraction of sp³-hybridized carbons (Fsp3) is 0.154. The number of rotatable bonds is 3. The highest BCUT2D eigenvalue weighted by Crippen LogP contribution is 2.37. The fourth-order valence-electron chi connectivity index (χ4n) is 4.19. The predicted octanol–water partition coefficient (Wildman–Crippen LogP) is 6.18. The summed E-state index contributed by atoms with van der Waals surface area (Å²) in [6.45, 7) is 0.601. The van der Waals surface area contributed by atoms with Crippen molar-refractivity contribution >= 4 is 28.7 Å². The third-order valence-electron chi connectivity index (χ3n) is 5.95. The van der Waals surface area contributed by atoms with Gasteiger partial charge in [0.25, 0.3) is 5.91 Å². The molecule has 0 saturated carbocycles. The van der Waals surface area contributed by atoms with Crippen molar-refractivity contribution in [2.75, 3.05) is 13.1 Å². The summed E-state index contributed by atoms with van der Waals surface area (Å²) in [5, 5.41) is -0.187. The van der Waals surface area contributed by atoms with E-state index >= 15 is 0 Å². The maximum Gasteiger partial charge on any atom is 0.420 e. The molecule has 0 bridgehead atoms. The number of benzene rings is 1. The standard InChI is InChI=1S/C26H17ClF3N3O2/c1-2-16-5-3-4-6-20(16)17-7-10-32(11-8-17)25(34)22-23(27)33-14-19(18-9-12-35-15-18)13-21(24(33)31-22)26(28,29)30/h1,3-7,9,12-15H,8,10-11H2. The van der Waals surface area contributed by atoms with Crippen LogP contribution in [0.4, 0.5) is 13.2 Å². The van der Waals surface area contributed by atoms with Crippen LogP contribution in [0.3, 0.4) is 0 Å². The first-order valence-electron chi connectivity index (χ1n) is 10.6. The van der Waals surface area contributed by atoms with E-state index in [1.165, 1.54) is 29.7 Å². The molecule has 0 radical (unpaired) electrons. The third-order valence-corrected chi connectivity index (χ3v) is 6.31. The number of carbonyl (C=O) groups is 1. The van der Waals surface area contributed by atoms with Gasteiger partial charge >= 0.3 is 6.18 Å². The second-order valence-corrected chi connectivity index (χ2v) is 8.38. The topological polar surface area (TPSA) is 50.8 Å². The average molecular weight is 496 g/mol. The molecule has 0 aliphatic carbocycles. The van der Waals surface area contributed by atoms with E-state index in [1.807, 2.05) is 30.3 Å². The average Bonchev–Trinajstić information content (AvgIpc) is 3.51. The quantitative estimate of drug-likeness (QED) is 0.319. The number of imidazole rings is 1. The maximum atomic E-state index is 13.9. The number of furan rings is 1. The zero-order chi connectivity index (χ0) is 24.7. The highest BCUT2D eigenvalue weighted by atomic mass is 35.5. The Kier molecular flexibility index (Phi) is 5.65. The largest absolute Gasteiger partial charge is 0.472 e. The van der Waals surface area contributed by atoms with Gasteiger partial charge in [0.2, 0.25) is 0 Å². The van der Waals surface area contributed by atoms with E-state index in [1.54, 1.807) is 0 Å². The van der Waals surface area contributed by atoms with E-state index in [4.69, 9.17) is 22.4 Å². The Bertz CT molecular complexity index is 1510. The zero-order valence-electron chi connectivity index (χ0n) is 18.1. The molecule has 1 aliphatic heterocycles. The van der Waals surface area contributed by atoms with E-state index in [0.717, 1.165) is 27.2 Å². The molecule has 0 spiro atoms. The van der Waals surface area contributed by atoms with Gasteiger partial charge in [-0.2, -0.15) is 13.2 Å². The fourth-order valence-corrected chi connectivity index (χ4v) is 4.44. The number of fused-ring (bicyclic) bond motifs is 1. The second-order valence-electron chi connectivity index (χ2n) is 8.02. The third kappa shape index (κ3) is 4.08. The normalized spacial score (nSPS) is 14.1. The Morgan fingerprint density at radius 2 is 2.00 bits per heavy atom. The van der Waals surface area contributed by atoms with Gasteiger partial charge in [0.15, 0.2) is 11.3 Å². The number of carbonyl (C=O) groups excluding carboxylic acids is 1. The lowest BCUT2D eigenvalue weighted by atomic mass is 9.95. The van der Waals surface area contributed by atoms with E-state index in [2.05, 4.69) is 10.9 Å². The first-order chi connectivity index (χ1) is 16.8. The molecule has 5 nitrogen and oxygen atoms in total. The summed E-state index contributed by atoms with van der Waals surface area (Å²) in [4.78, 5) is 18.8. The van der Waals surface area contributed by atoms with Gasteiger partial charge in [-0.05, 0) is 35.8 Å². The van der Waals surface area contributed by atoms with Crippen molar-refractivity contribution in [2.24, 2.45) is 0 Å². The second kappa shape index (κ2) is 8.67. The number of terminal acetylenes is 1. The summed E-state index contributed by atoms with van der Waals surface area (Å²) in [6, 6.07) is 10.0. The van der Waals surface area contributed by atoms with Crippen LogP contribution in [0.15, 0.2) is 65.6 Å². The summed E-state index contributed by atoms with van der Waals surface area (Å²) >= 11 is 6.42. The molecule has 4 heterocycles. The lowest BCUT2D eigenvalue weighted by Gasteiger charge is -2.26. The van der Waals surface area contributed by atoms with Crippen molar-refractivity contribution in [3.63, 3.8) is 0 Å². The molecule has 1 aromatic carbocycles. The summed E-state index contributed by atoms with van der Waals surface area (Å²) in [7, 11) is 0. The predicted molar refractivity (Wildman–Crippen MR) is 126 cm³/mol. The van der Waals surface area contributed by atoms with Crippen LogP contribution < -0.4 is 0 Å². The Hall–Kier alpha value is -3.96. The number of hydrogen-bond acceptors (Lipinski definition) is 3. The molecule has 0 N–H and O–H groups in total. The maximum absolute atomic E-state index is 13.9. The molecule has 35 heavy (non-hydrogen) atoms. The Labute approximate surface area is 203 Å². The van der Waals surface area contributed by atoms with Gasteiger partial charge in [0.1, 0.15) is 5.15 Å². The molecule has 0 unspecified atom stereocenters. The van der Waals surface area contributed by atoms with Crippen molar-refractivity contribution in [2.45, 2.75) is 12.6 Å². The molecule has 1 aliphatic rings. The Morgan fingerprint density at radius 3 is 2.66 bits per heavy atom. The minimum absolute atomic E-state index is 0.187. The number of halogens is 4. The molecule has 4 aromatic rings. The monoisotopic (exact) mass is 495 g/mol. The van der Waals surface area contributed by atoms with Crippen molar-refractivity contribution < 1.29 is 22.4 Å². The molecule has 9 heteroatoms. The number of alkyl halides is 3.